The van der Waals surface area contributed by atoms with Crippen molar-refractivity contribution in [3.63, 3.8) is 0 Å². The van der Waals surface area contributed by atoms with E-state index in [2.05, 4.69) is 6.92 Å². The summed E-state index contributed by atoms with van der Waals surface area (Å²) in [6.07, 6.45) is 6.97. The first kappa shape index (κ1) is 21.4. The largest absolute Gasteiger partial charge is 0.527 e. The number of carbonyl (C=O) groups excluding carboxylic acids is 2. The Morgan fingerprint density at radius 3 is 2.26 bits per heavy atom. The van der Waals surface area contributed by atoms with Crippen molar-refractivity contribution < 1.29 is 23.5 Å². The number of carbonyl (C=O) groups is 2. The minimum Gasteiger partial charge on any atom is -0.420 e. The van der Waals surface area contributed by atoms with Gasteiger partial charge in [-0.15, -0.1) is 4.48 Å². The number of piperidine rings is 1. The molecule has 1 fully saturated rings. The van der Waals surface area contributed by atoms with Gasteiger partial charge in [0.1, 0.15) is 6.61 Å². The highest BCUT2D eigenvalue weighted by atomic mass is 16.6. The number of ether oxygens (including phenoxy) is 2. The fourth-order valence-electron chi connectivity index (χ4n) is 3.74. The Labute approximate surface area is 163 Å². The Kier molecular flexibility index (Phi) is 8.79. The van der Waals surface area contributed by atoms with Crippen LogP contribution in [0.4, 0.5) is 9.59 Å². The number of hydrogen-bond donors (Lipinski definition) is 0. The van der Waals surface area contributed by atoms with Gasteiger partial charge in [-0.3, -0.25) is 0 Å². The molecule has 0 atom stereocenters. The van der Waals surface area contributed by atoms with E-state index in [-0.39, 0.29) is 17.7 Å². The van der Waals surface area contributed by atoms with E-state index < -0.39 is 12.2 Å². The molecule has 0 aromatic heterocycles. The molecular formula is C22H34NO4+. The number of amides is 2. The molecular weight excluding hydrogens is 342 g/mol. The fraction of sp³-hybridized carbons (Fsp3) is 0.636. The molecule has 0 spiro atoms. The van der Waals surface area contributed by atoms with Gasteiger partial charge < -0.3 is 9.47 Å². The molecule has 150 valence electrons. The zero-order valence-electron chi connectivity index (χ0n) is 16.8. The summed E-state index contributed by atoms with van der Waals surface area (Å²) in [5.41, 5.74) is 0.915. The number of hydrogen-bond acceptors (Lipinski definition) is 4. The third-order valence-electron chi connectivity index (χ3n) is 5.48. The fourth-order valence-corrected chi connectivity index (χ4v) is 3.74. The molecule has 1 aromatic rings. The summed E-state index contributed by atoms with van der Waals surface area (Å²) in [6.45, 7) is 5.39. The molecule has 0 saturated carbocycles. The van der Waals surface area contributed by atoms with Gasteiger partial charge in [0.2, 0.25) is 0 Å². The molecule has 5 nitrogen and oxygen atoms in total. The van der Waals surface area contributed by atoms with Crippen molar-refractivity contribution in [3.05, 3.63) is 35.9 Å². The molecule has 2 rings (SSSR count). The third kappa shape index (κ3) is 6.06. The minimum absolute atomic E-state index is 0.180. The zero-order chi connectivity index (χ0) is 19.5. The Balaban J connectivity index is 1.95. The summed E-state index contributed by atoms with van der Waals surface area (Å²) in [7, 11) is 0. The number of imide groups is 1. The van der Waals surface area contributed by atoms with Gasteiger partial charge in [0, 0.05) is 12.8 Å². The molecule has 27 heavy (non-hydrogen) atoms. The van der Waals surface area contributed by atoms with E-state index in [4.69, 9.17) is 9.47 Å². The van der Waals surface area contributed by atoms with Gasteiger partial charge in [-0.1, -0.05) is 69.4 Å². The van der Waals surface area contributed by atoms with Crippen molar-refractivity contribution in [2.24, 2.45) is 5.92 Å². The number of likely N-dealkylation sites (tertiary alicyclic amines) is 1. The number of benzene rings is 1. The Hall–Kier alpha value is -1.88. The SMILES string of the molecule is CCCCCCC1CC[N+](C(=O)OCC)(C(=O)OCc2ccccc2)CC1. The molecule has 1 aliphatic heterocycles. The quantitative estimate of drug-likeness (QED) is 0.433. The Bertz CT molecular complexity index is 579. The maximum atomic E-state index is 12.9. The van der Waals surface area contributed by atoms with Crippen LogP contribution in [-0.4, -0.2) is 36.4 Å². The van der Waals surface area contributed by atoms with Crippen LogP contribution in [0.1, 0.15) is 64.4 Å². The molecule has 0 aliphatic carbocycles. The van der Waals surface area contributed by atoms with E-state index in [1.165, 1.54) is 32.1 Å². The molecule has 1 heterocycles. The van der Waals surface area contributed by atoms with Crippen molar-refractivity contribution in [3.8, 4) is 0 Å². The van der Waals surface area contributed by atoms with Crippen LogP contribution >= 0.6 is 0 Å². The highest BCUT2D eigenvalue weighted by molar-refractivity contribution is 5.76. The lowest BCUT2D eigenvalue weighted by molar-refractivity contribution is -0.793. The summed E-state index contributed by atoms with van der Waals surface area (Å²) in [5, 5.41) is 0. The van der Waals surface area contributed by atoms with Gasteiger partial charge in [-0.05, 0) is 18.4 Å². The van der Waals surface area contributed by atoms with E-state index in [9.17, 15) is 9.59 Å². The van der Waals surface area contributed by atoms with E-state index in [0.29, 0.717) is 19.0 Å². The van der Waals surface area contributed by atoms with Crippen LogP contribution in [0.5, 0.6) is 0 Å². The van der Waals surface area contributed by atoms with Gasteiger partial charge in [0.25, 0.3) is 0 Å². The van der Waals surface area contributed by atoms with Crippen LogP contribution in [0.25, 0.3) is 0 Å². The summed E-state index contributed by atoms with van der Waals surface area (Å²) >= 11 is 0. The number of unbranched alkanes of at least 4 members (excludes halogenated alkanes) is 3. The first-order valence-electron chi connectivity index (χ1n) is 10.4. The molecule has 0 bridgehead atoms. The molecule has 1 aromatic carbocycles. The minimum atomic E-state index is -0.485. The maximum absolute atomic E-state index is 12.9. The van der Waals surface area contributed by atoms with Gasteiger partial charge in [-0.2, -0.15) is 9.59 Å². The van der Waals surface area contributed by atoms with Gasteiger partial charge in [0.05, 0.1) is 19.7 Å². The Morgan fingerprint density at radius 1 is 0.963 bits per heavy atom. The normalized spacial score (nSPS) is 22.2. The average Bonchev–Trinajstić information content (AvgIpc) is 2.71. The first-order valence-corrected chi connectivity index (χ1v) is 10.4. The average molecular weight is 377 g/mol. The second kappa shape index (κ2) is 11.1. The summed E-state index contributed by atoms with van der Waals surface area (Å²) in [6, 6.07) is 9.55. The smallest absolute Gasteiger partial charge is 0.420 e. The number of rotatable bonds is 8. The summed E-state index contributed by atoms with van der Waals surface area (Å²) in [5.74, 6) is 0.587. The van der Waals surface area contributed by atoms with Gasteiger partial charge >= 0.3 is 12.2 Å². The van der Waals surface area contributed by atoms with Crippen LogP contribution in [0, 0.1) is 5.92 Å². The molecule has 0 radical (unpaired) electrons. The highest BCUT2D eigenvalue weighted by Crippen LogP contribution is 2.30. The maximum Gasteiger partial charge on any atom is 0.527 e. The highest BCUT2D eigenvalue weighted by Gasteiger charge is 2.50. The van der Waals surface area contributed by atoms with E-state index in [1.807, 2.05) is 30.3 Å². The standard InChI is InChI=1S/C22H34NO4/c1-3-5-6-8-11-19-14-16-23(17-15-19,21(24)26-4-2)22(25)27-18-20-12-9-7-10-13-20/h7,9-10,12-13,19H,3-6,8,11,14-18H2,1-2H3/q+1. The third-order valence-corrected chi connectivity index (χ3v) is 5.48. The van der Waals surface area contributed by atoms with Gasteiger partial charge in [0.15, 0.2) is 0 Å². The summed E-state index contributed by atoms with van der Waals surface area (Å²) < 4.78 is 10.4. The van der Waals surface area contributed by atoms with Crippen LogP contribution in [0.3, 0.4) is 0 Å². The predicted octanol–water partition coefficient (Wildman–Crippen LogP) is 5.68. The second-order valence-corrected chi connectivity index (χ2v) is 7.45. The molecule has 1 saturated heterocycles. The van der Waals surface area contributed by atoms with Gasteiger partial charge in [-0.25, -0.2) is 0 Å². The molecule has 5 heteroatoms. The van der Waals surface area contributed by atoms with E-state index in [1.54, 1.807) is 6.92 Å². The predicted molar refractivity (Wildman–Crippen MR) is 105 cm³/mol. The number of nitrogens with zero attached hydrogens (tertiary/aromatic N) is 1. The van der Waals surface area contributed by atoms with E-state index in [0.717, 1.165) is 18.4 Å². The van der Waals surface area contributed by atoms with Crippen molar-refractivity contribution in [2.75, 3.05) is 19.7 Å². The van der Waals surface area contributed by atoms with E-state index >= 15 is 0 Å². The first-order chi connectivity index (χ1) is 13.1. The monoisotopic (exact) mass is 376 g/mol. The van der Waals surface area contributed by atoms with Crippen LogP contribution in [0.2, 0.25) is 0 Å². The lowest BCUT2D eigenvalue weighted by Gasteiger charge is -2.36. The van der Waals surface area contributed by atoms with Crippen LogP contribution in [0.15, 0.2) is 30.3 Å². The Morgan fingerprint density at radius 2 is 1.63 bits per heavy atom. The number of quaternary nitrogens is 1. The molecule has 0 unspecified atom stereocenters. The lowest BCUT2D eigenvalue weighted by Crippen LogP contribution is -2.61. The summed E-state index contributed by atoms with van der Waals surface area (Å²) in [4.78, 5) is 25.5. The topological polar surface area (TPSA) is 52.6 Å². The van der Waals surface area contributed by atoms with Crippen LogP contribution < -0.4 is 0 Å². The molecule has 2 amide bonds. The van der Waals surface area contributed by atoms with Crippen molar-refractivity contribution in [2.45, 2.75) is 65.4 Å². The van der Waals surface area contributed by atoms with Crippen LogP contribution in [-0.2, 0) is 16.1 Å². The zero-order valence-corrected chi connectivity index (χ0v) is 16.8. The van der Waals surface area contributed by atoms with Crippen molar-refractivity contribution in [1.29, 1.82) is 0 Å². The lowest BCUT2D eigenvalue weighted by atomic mass is 9.90. The second-order valence-electron chi connectivity index (χ2n) is 7.45. The van der Waals surface area contributed by atoms with Crippen molar-refractivity contribution >= 4 is 12.2 Å². The molecule has 1 aliphatic rings. The molecule has 0 N–H and O–H groups in total. The van der Waals surface area contributed by atoms with Crippen molar-refractivity contribution in [1.82, 2.24) is 0 Å².